The molecule has 0 aromatic carbocycles. The third-order valence-corrected chi connectivity index (χ3v) is 7.32. The zero-order chi connectivity index (χ0) is 18.0. The Morgan fingerprint density at radius 2 is 2.00 bits per heavy atom. The Morgan fingerprint density at radius 1 is 1.28 bits per heavy atom. The van der Waals surface area contributed by atoms with Gasteiger partial charge in [0.25, 0.3) is 0 Å². The van der Waals surface area contributed by atoms with Crippen LogP contribution in [0.2, 0.25) is 0 Å². The molecule has 138 valence electrons. The lowest BCUT2D eigenvalue weighted by Crippen LogP contribution is -2.29. The van der Waals surface area contributed by atoms with Crippen molar-refractivity contribution >= 4 is 21.4 Å². The molecule has 0 radical (unpaired) electrons. The van der Waals surface area contributed by atoms with Crippen molar-refractivity contribution in [3.05, 3.63) is 22.8 Å². The van der Waals surface area contributed by atoms with Crippen LogP contribution in [0, 0.1) is 13.8 Å². The fourth-order valence-electron chi connectivity index (χ4n) is 3.21. The van der Waals surface area contributed by atoms with Crippen molar-refractivity contribution in [2.24, 2.45) is 7.05 Å². The average molecular weight is 383 g/mol. The smallest absolute Gasteiger partial charge is 0.242 e. The molecular weight excluding hydrogens is 356 g/mol. The summed E-state index contributed by atoms with van der Waals surface area (Å²) in [5, 5.41) is 2.82. The van der Waals surface area contributed by atoms with Gasteiger partial charge in [0.1, 0.15) is 9.90 Å². The standard InChI is InChI=1S/C17H26N4O2S2/c1-13-12-24-17(19-13)15-11-16(14(2)20(15)3)25(22,23)18-7-6-10-21-8-4-5-9-21/h11-12,18H,4-10H2,1-3H3. The molecule has 6 nitrogen and oxygen atoms in total. The van der Waals surface area contributed by atoms with Crippen molar-refractivity contribution in [2.45, 2.75) is 38.0 Å². The Labute approximate surface area is 153 Å². The molecule has 1 aliphatic rings. The molecule has 0 spiro atoms. The zero-order valence-corrected chi connectivity index (χ0v) is 16.7. The van der Waals surface area contributed by atoms with Crippen molar-refractivity contribution in [3.63, 3.8) is 0 Å². The number of aromatic nitrogens is 2. The molecular formula is C17H26N4O2S2. The van der Waals surface area contributed by atoms with Crippen LogP contribution < -0.4 is 4.72 Å². The first-order chi connectivity index (χ1) is 11.9. The first kappa shape index (κ1) is 18.6. The number of nitrogens with one attached hydrogen (secondary N) is 1. The monoisotopic (exact) mass is 382 g/mol. The summed E-state index contributed by atoms with van der Waals surface area (Å²) in [6, 6.07) is 1.73. The van der Waals surface area contributed by atoms with E-state index in [9.17, 15) is 8.42 Å². The summed E-state index contributed by atoms with van der Waals surface area (Å²) < 4.78 is 30.0. The molecule has 8 heteroatoms. The van der Waals surface area contributed by atoms with Gasteiger partial charge >= 0.3 is 0 Å². The van der Waals surface area contributed by atoms with E-state index in [1.807, 2.05) is 30.8 Å². The first-order valence-electron chi connectivity index (χ1n) is 8.69. The quantitative estimate of drug-likeness (QED) is 0.747. The minimum Gasteiger partial charge on any atom is -0.345 e. The first-order valence-corrected chi connectivity index (χ1v) is 11.1. The zero-order valence-electron chi connectivity index (χ0n) is 15.1. The van der Waals surface area contributed by atoms with E-state index >= 15 is 0 Å². The molecule has 0 amide bonds. The maximum Gasteiger partial charge on any atom is 0.242 e. The molecule has 0 unspecified atom stereocenters. The van der Waals surface area contributed by atoms with Crippen molar-refractivity contribution in [1.82, 2.24) is 19.2 Å². The summed E-state index contributed by atoms with van der Waals surface area (Å²) in [5.74, 6) is 0. The Balaban J connectivity index is 1.69. The van der Waals surface area contributed by atoms with E-state index in [2.05, 4.69) is 14.6 Å². The van der Waals surface area contributed by atoms with Crippen LogP contribution in [0.4, 0.5) is 0 Å². The van der Waals surface area contributed by atoms with Gasteiger partial charge in [-0.3, -0.25) is 0 Å². The highest BCUT2D eigenvalue weighted by molar-refractivity contribution is 7.89. The second-order valence-electron chi connectivity index (χ2n) is 6.63. The van der Waals surface area contributed by atoms with Crippen LogP contribution in [0.15, 0.2) is 16.3 Å². The van der Waals surface area contributed by atoms with Gasteiger partial charge in [-0.2, -0.15) is 0 Å². The van der Waals surface area contributed by atoms with E-state index in [-0.39, 0.29) is 0 Å². The summed E-state index contributed by atoms with van der Waals surface area (Å²) in [5.41, 5.74) is 2.52. The Morgan fingerprint density at radius 3 is 2.64 bits per heavy atom. The van der Waals surface area contributed by atoms with E-state index in [1.165, 1.54) is 24.2 Å². The maximum absolute atomic E-state index is 12.7. The lowest BCUT2D eigenvalue weighted by Gasteiger charge is -2.14. The van der Waals surface area contributed by atoms with Crippen LogP contribution in [0.1, 0.15) is 30.7 Å². The summed E-state index contributed by atoms with van der Waals surface area (Å²) in [6.45, 7) is 7.49. The number of aryl methyl sites for hydroxylation is 1. The van der Waals surface area contributed by atoms with Crippen LogP contribution in [0.25, 0.3) is 10.7 Å². The second kappa shape index (κ2) is 7.57. The highest BCUT2D eigenvalue weighted by Gasteiger charge is 2.23. The maximum atomic E-state index is 12.7. The molecule has 0 atom stereocenters. The number of thiazole rings is 1. The van der Waals surface area contributed by atoms with E-state index < -0.39 is 10.0 Å². The molecule has 0 bridgehead atoms. The van der Waals surface area contributed by atoms with Crippen LogP contribution in [-0.2, 0) is 17.1 Å². The number of hydrogen-bond donors (Lipinski definition) is 1. The minimum atomic E-state index is -3.50. The van der Waals surface area contributed by atoms with Crippen molar-refractivity contribution in [3.8, 4) is 10.7 Å². The predicted molar refractivity (Wildman–Crippen MR) is 101 cm³/mol. The molecule has 3 rings (SSSR count). The number of likely N-dealkylation sites (tertiary alicyclic amines) is 1. The minimum absolute atomic E-state index is 0.346. The highest BCUT2D eigenvalue weighted by Crippen LogP contribution is 2.29. The summed E-state index contributed by atoms with van der Waals surface area (Å²) in [4.78, 5) is 7.21. The van der Waals surface area contributed by atoms with Gasteiger partial charge in [0.2, 0.25) is 10.0 Å². The highest BCUT2D eigenvalue weighted by atomic mass is 32.2. The van der Waals surface area contributed by atoms with Crippen LogP contribution in [-0.4, -0.2) is 49.0 Å². The Bertz CT molecular complexity index is 833. The van der Waals surface area contributed by atoms with Crippen molar-refractivity contribution < 1.29 is 8.42 Å². The molecule has 1 aliphatic heterocycles. The molecule has 25 heavy (non-hydrogen) atoms. The van der Waals surface area contributed by atoms with Gasteiger partial charge in [-0.25, -0.2) is 18.1 Å². The third-order valence-electron chi connectivity index (χ3n) is 4.76. The van der Waals surface area contributed by atoms with Gasteiger partial charge in [-0.05, 0) is 58.8 Å². The Hall–Kier alpha value is -1.22. The molecule has 0 aliphatic carbocycles. The number of rotatable bonds is 7. The summed E-state index contributed by atoms with van der Waals surface area (Å²) in [6.07, 6.45) is 3.35. The Kier molecular flexibility index (Phi) is 5.62. The van der Waals surface area contributed by atoms with Crippen molar-refractivity contribution in [1.29, 1.82) is 0 Å². The largest absolute Gasteiger partial charge is 0.345 e. The molecule has 1 N–H and O–H groups in total. The lowest BCUT2D eigenvalue weighted by molar-refractivity contribution is 0.334. The van der Waals surface area contributed by atoms with E-state index in [1.54, 1.807) is 6.07 Å². The number of nitrogens with zero attached hydrogens (tertiary/aromatic N) is 3. The third kappa shape index (κ3) is 4.13. The van der Waals surface area contributed by atoms with Gasteiger partial charge in [0, 0.05) is 30.4 Å². The van der Waals surface area contributed by atoms with E-state index in [4.69, 9.17) is 0 Å². The fourth-order valence-corrected chi connectivity index (χ4v) is 5.42. The number of sulfonamides is 1. The molecule has 1 saturated heterocycles. The van der Waals surface area contributed by atoms with Crippen LogP contribution in [0.3, 0.4) is 0 Å². The molecule has 1 fully saturated rings. The SMILES string of the molecule is Cc1csc(-c2cc(S(=O)(=O)NCCCN3CCCC3)c(C)n2C)n1. The van der Waals surface area contributed by atoms with Gasteiger partial charge in [0.15, 0.2) is 0 Å². The molecule has 2 aromatic heterocycles. The average Bonchev–Trinajstić information content (AvgIpc) is 3.27. The van der Waals surface area contributed by atoms with Crippen LogP contribution in [0.5, 0.6) is 0 Å². The van der Waals surface area contributed by atoms with E-state index in [0.717, 1.165) is 48.1 Å². The lowest BCUT2D eigenvalue weighted by atomic mass is 10.4. The fraction of sp³-hybridized carbons (Fsp3) is 0.588. The predicted octanol–water partition coefficient (Wildman–Crippen LogP) is 2.53. The second-order valence-corrected chi connectivity index (χ2v) is 9.23. The molecule has 3 heterocycles. The van der Waals surface area contributed by atoms with E-state index in [0.29, 0.717) is 11.4 Å². The van der Waals surface area contributed by atoms with Gasteiger partial charge in [0.05, 0.1) is 5.69 Å². The summed E-state index contributed by atoms with van der Waals surface area (Å²) in [7, 11) is -1.62. The van der Waals surface area contributed by atoms with Crippen molar-refractivity contribution in [2.75, 3.05) is 26.2 Å². The van der Waals surface area contributed by atoms with Gasteiger partial charge in [-0.15, -0.1) is 11.3 Å². The van der Waals surface area contributed by atoms with Gasteiger partial charge < -0.3 is 9.47 Å². The van der Waals surface area contributed by atoms with Gasteiger partial charge in [-0.1, -0.05) is 0 Å². The molecule has 2 aromatic rings. The summed E-state index contributed by atoms with van der Waals surface area (Å²) >= 11 is 1.53. The number of hydrogen-bond acceptors (Lipinski definition) is 5. The normalized spacial score (nSPS) is 16.0. The molecule has 0 saturated carbocycles. The topological polar surface area (TPSA) is 67.2 Å². The van der Waals surface area contributed by atoms with Crippen LogP contribution >= 0.6 is 11.3 Å².